The number of hydrogen-bond acceptors (Lipinski definition) is 4. The number of hydroxylamine groups is 2. The third kappa shape index (κ3) is 5.04. The number of rotatable bonds is 6. The Bertz CT molecular complexity index is 1030. The van der Waals surface area contributed by atoms with Crippen LogP contribution in [0, 0.1) is 6.92 Å². The summed E-state index contributed by atoms with van der Waals surface area (Å²) < 4.78 is 29.1. The van der Waals surface area contributed by atoms with Gasteiger partial charge >= 0.3 is 0 Å². The third-order valence-electron chi connectivity index (χ3n) is 7.34. The molecular formula is C27H38N2O3S. The molecule has 2 heterocycles. The maximum absolute atomic E-state index is 13.7. The Labute approximate surface area is 199 Å². The second-order valence-electron chi connectivity index (χ2n) is 11.0. The van der Waals surface area contributed by atoms with Crippen molar-refractivity contribution in [1.82, 2.24) is 9.37 Å². The molecule has 2 aliphatic rings. The zero-order valence-electron chi connectivity index (χ0n) is 20.6. The highest BCUT2D eigenvalue weighted by atomic mass is 32.2. The van der Waals surface area contributed by atoms with Gasteiger partial charge in [-0.3, -0.25) is 4.84 Å². The Kier molecular flexibility index (Phi) is 6.76. The third-order valence-corrected chi connectivity index (χ3v) is 9.27. The second-order valence-corrected chi connectivity index (χ2v) is 12.8. The van der Waals surface area contributed by atoms with Crippen LogP contribution in [0.15, 0.2) is 59.5 Å². The van der Waals surface area contributed by atoms with E-state index in [0.717, 1.165) is 24.8 Å². The number of hydrogen-bond donors (Lipinski definition) is 0. The molecule has 2 aromatic carbocycles. The standard InChI is InChI=1S/C27H38N2O3S/c1-21-12-14-25(15-13-21)33(30,31)28-19-23(22-10-7-6-8-11-22)18-24(28)20-32-29-26(2,3)16-9-17-27(29,4)5/h6-8,10-15,23-24H,9,16-20H2,1-5H3/t23-,24-/m0/s1. The van der Waals surface area contributed by atoms with E-state index in [1.165, 1.54) is 12.0 Å². The molecule has 2 aliphatic heterocycles. The first-order chi connectivity index (χ1) is 15.5. The van der Waals surface area contributed by atoms with Crippen molar-refractivity contribution in [1.29, 1.82) is 0 Å². The molecule has 180 valence electrons. The van der Waals surface area contributed by atoms with Crippen LogP contribution in [0.5, 0.6) is 0 Å². The lowest BCUT2D eigenvalue weighted by Gasteiger charge is -2.51. The molecular weight excluding hydrogens is 432 g/mol. The summed E-state index contributed by atoms with van der Waals surface area (Å²) in [5.74, 6) is 0.155. The molecule has 2 atom stereocenters. The molecule has 2 fully saturated rings. The average molecular weight is 471 g/mol. The summed E-state index contributed by atoms with van der Waals surface area (Å²) >= 11 is 0. The highest BCUT2D eigenvalue weighted by Gasteiger charge is 2.45. The summed E-state index contributed by atoms with van der Waals surface area (Å²) in [6.45, 7) is 11.7. The van der Waals surface area contributed by atoms with Crippen molar-refractivity contribution in [2.24, 2.45) is 0 Å². The van der Waals surface area contributed by atoms with Gasteiger partial charge in [-0.2, -0.15) is 9.37 Å². The summed E-state index contributed by atoms with van der Waals surface area (Å²) in [5, 5.41) is 2.13. The van der Waals surface area contributed by atoms with Crippen molar-refractivity contribution in [2.45, 2.75) is 88.2 Å². The molecule has 33 heavy (non-hydrogen) atoms. The summed E-state index contributed by atoms with van der Waals surface area (Å²) in [4.78, 5) is 6.84. The largest absolute Gasteiger partial charge is 0.296 e. The minimum Gasteiger partial charge on any atom is -0.296 e. The second kappa shape index (κ2) is 9.14. The van der Waals surface area contributed by atoms with Gasteiger partial charge in [0.25, 0.3) is 0 Å². The van der Waals surface area contributed by atoms with Crippen LogP contribution in [0.25, 0.3) is 0 Å². The normalized spacial score (nSPS) is 25.8. The van der Waals surface area contributed by atoms with Gasteiger partial charge < -0.3 is 0 Å². The maximum atomic E-state index is 13.7. The van der Waals surface area contributed by atoms with Crippen LogP contribution in [-0.4, -0.2) is 48.1 Å². The highest BCUT2D eigenvalue weighted by Crippen LogP contribution is 2.40. The van der Waals surface area contributed by atoms with E-state index in [4.69, 9.17) is 4.84 Å². The molecule has 0 bridgehead atoms. The van der Waals surface area contributed by atoms with Crippen molar-refractivity contribution >= 4 is 10.0 Å². The Morgan fingerprint density at radius 3 is 2.15 bits per heavy atom. The molecule has 0 spiro atoms. The summed E-state index contributed by atoms with van der Waals surface area (Å²) in [6.07, 6.45) is 4.06. The summed E-state index contributed by atoms with van der Waals surface area (Å²) in [7, 11) is -3.62. The number of sulfonamides is 1. The Hall–Kier alpha value is -1.73. The summed E-state index contributed by atoms with van der Waals surface area (Å²) in [5.41, 5.74) is 2.06. The predicted octanol–water partition coefficient (Wildman–Crippen LogP) is 5.52. The summed E-state index contributed by atoms with van der Waals surface area (Å²) in [6, 6.07) is 17.2. The number of piperidine rings is 1. The van der Waals surface area contributed by atoms with Crippen molar-refractivity contribution in [3.05, 3.63) is 65.7 Å². The fraction of sp³-hybridized carbons (Fsp3) is 0.556. The molecule has 6 heteroatoms. The Morgan fingerprint density at radius 2 is 1.55 bits per heavy atom. The van der Waals surface area contributed by atoms with Crippen LogP contribution in [0.2, 0.25) is 0 Å². The van der Waals surface area contributed by atoms with Crippen molar-refractivity contribution < 1.29 is 13.3 Å². The van der Waals surface area contributed by atoms with Crippen molar-refractivity contribution in [2.75, 3.05) is 13.2 Å². The van der Waals surface area contributed by atoms with Crippen LogP contribution in [-0.2, 0) is 14.9 Å². The van der Waals surface area contributed by atoms with Crippen molar-refractivity contribution in [3.8, 4) is 0 Å². The average Bonchev–Trinajstić information content (AvgIpc) is 3.18. The molecule has 0 aromatic heterocycles. The zero-order valence-corrected chi connectivity index (χ0v) is 21.4. The molecule has 5 nitrogen and oxygen atoms in total. The number of nitrogens with zero attached hydrogens (tertiary/aromatic N) is 2. The van der Waals surface area contributed by atoms with E-state index < -0.39 is 10.0 Å². The van der Waals surface area contributed by atoms with E-state index in [-0.39, 0.29) is 23.0 Å². The van der Waals surface area contributed by atoms with Gasteiger partial charge in [0, 0.05) is 17.6 Å². The van der Waals surface area contributed by atoms with E-state index in [2.05, 4.69) is 44.9 Å². The van der Waals surface area contributed by atoms with Gasteiger partial charge in [-0.25, -0.2) is 8.42 Å². The lowest BCUT2D eigenvalue weighted by atomic mass is 9.82. The van der Waals surface area contributed by atoms with Crippen LogP contribution in [0.3, 0.4) is 0 Å². The minimum atomic E-state index is -3.62. The fourth-order valence-corrected chi connectivity index (χ4v) is 7.30. The van der Waals surface area contributed by atoms with Gasteiger partial charge in [-0.15, -0.1) is 0 Å². The molecule has 0 unspecified atom stereocenters. The minimum absolute atomic E-state index is 0.0835. The molecule has 0 N–H and O–H groups in total. The fourth-order valence-electron chi connectivity index (χ4n) is 5.63. The Morgan fingerprint density at radius 1 is 0.939 bits per heavy atom. The molecule has 0 amide bonds. The lowest BCUT2D eigenvalue weighted by molar-refractivity contribution is -0.284. The Balaban J connectivity index is 1.61. The molecule has 2 aromatic rings. The SMILES string of the molecule is Cc1ccc(S(=O)(=O)N2C[C@@H](c3ccccc3)C[C@H]2CON2C(C)(C)CCCC2(C)C)cc1. The molecule has 0 saturated carbocycles. The van der Waals surface area contributed by atoms with E-state index in [1.54, 1.807) is 16.4 Å². The first kappa shape index (κ1) is 24.4. The van der Waals surface area contributed by atoms with Gasteiger partial charge in [0.05, 0.1) is 17.5 Å². The predicted molar refractivity (Wildman–Crippen MR) is 132 cm³/mol. The van der Waals surface area contributed by atoms with E-state index in [9.17, 15) is 8.42 Å². The molecule has 2 saturated heterocycles. The van der Waals surface area contributed by atoms with Crippen LogP contribution in [0.4, 0.5) is 0 Å². The molecule has 0 aliphatic carbocycles. The van der Waals surface area contributed by atoms with Gasteiger partial charge in [0.2, 0.25) is 10.0 Å². The zero-order chi connectivity index (χ0) is 23.9. The highest BCUT2D eigenvalue weighted by molar-refractivity contribution is 7.89. The van der Waals surface area contributed by atoms with E-state index in [0.29, 0.717) is 18.0 Å². The monoisotopic (exact) mass is 470 g/mol. The molecule has 0 radical (unpaired) electrons. The van der Waals surface area contributed by atoms with Gasteiger partial charge in [0.15, 0.2) is 0 Å². The molecule has 4 rings (SSSR count). The van der Waals surface area contributed by atoms with Gasteiger partial charge in [-0.1, -0.05) is 48.0 Å². The van der Waals surface area contributed by atoms with Crippen LogP contribution >= 0.6 is 0 Å². The first-order valence-electron chi connectivity index (χ1n) is 12.1. The quantitative estimate of drug-likeness (QED) is 0.558. The number of benzene rings is 2. The topological polar surface area (TPSA) is 49.9 Å². The first-order valence-corrected chi connectivity index (χ1v) is 13.5. The van der Waals surface area contributed by atoms with Gasteiger partial charge in [-0.05, 0) is 83.9 Å². The van der Waals surface area contributed by atoms with Crippen LogP contribution in [0.1, 0.15) is 70.4 Å². The van der Waals surface area contributed by atoms with E-state index in [1.807, 2.05) is 37.3 Å². The lowest BCUT2D eigenvalue weighted by Crippen LogP contribution is -2.59. The maximum Gasteiger partial charge on any atom is 0.243 e. The smallest absolute Gasteiger partial charge is 0.243 e. The van der Waals surface area contributed by atoms with Crippen molar-refractivity contribution in [3.63, 3.8) is 0 Å². The van der Waals surface area contributed by atoms with Gasteiger partial charge in [0.1, 0.15) is 0 Å². The van der Waals surface area contributed by atoms with E-state index >= 15 is 0 Å². The number of aryl methyl sites for hydroxylation is 1. The van der Waals surface area contributed by atoms with Crippen LogP contribution < -0.4 is 0 Å².